The summed E-state index contributed by atoms with van der Waals surface area (Å²) < 4.78 is 13.0. The zero-order valence-corrected chi connectivity index (χ0v) is 11.5. The van der Waals surface area contributed by atoms with E-state index < -0.39 is 0 Å². The normalized spacial score (nSPS) is 20.3. The Bertz CT molecular complexity index is 377. The number of benzene rings is 1. The first-order valence-electron chi connectivity index (χ1n) is 7.04. The Morgan fingerprint density at radius 1 is 1.17 bits per heavy atom. The smallest absolute Gasteiger partial charge is 0.123 e. The van der Waals surface area contributed by atoms with Crippen LogP contribution in [0.5, 0.6) is 0 Å². The molecule has 1 atom stereocenters. The van der Waals surface area contributed by atoms with Crippen molar-refractivity contribution in [3.05, 3.63) is 35.6 Å². The van der Waals surface area contributed by atoms with Crippen molar-refractivity contribution < 1.29 is 4.39 Å². The number of nitrogens with two attached hydrogens (primary N) is 1. The summed E-state index contributed by atoms with van der Waals surface area (Å²) >= 11 is 0. The van der Waals surface area contributed by atoms with E-state index in [1.807, 2.05) is 12.1 Å². The second kappa shape index (κ2) is 5.40. The van der Waals surface area contributed by atoms with Gasteiger partial charge < -0.3 is 5.73 Å². The summed E-state index contributed by atoms with van der Waals surface area (Å²) in [7, 11) is 0. The maximum Gasteiger partial charge on any atom is 0.123 e. The van der Waals surface area contributed by atoms with E-state index in [1.54, 1.807) is 0 Å². The highest BCUT2D eigenvalue weighted by Crippen LogP contribution is 2.50. The van der Waals surface area contributed by atoms with Crippen molar-refractivity contribution in [3.8, 4) is 0 Å². The first-order valence-corrected chi connectivity index (χ1v) is 7.04. The van der Waals surface area contributed by atoms with E-state index in [9.17, 15) is 4.39 Å². The molecule has 0 heterocycles. The van der Waals surface area contributed by atoms with Crippen molar-refractivity contribution in [2.45, 2.75) is 52.0 Å². The molecule has 0 saturated heterocycles. The number of halogens is 1. The Morgan fingerprint density at radius 2 is 1.72 bits per heavy atom. The fourth-order valence-corrected chi connectivity index (χ4v) is 3.56. The topological polar surface area (TPSA) is 26.0 Å². The predicted molar refractivity (Wildman–Crippen MR) is 73.7 cm³/mol. The van der Waals surface area contributed by atoms with Crippen LogP contribution in [0.3, 0.4) is 0 Å². The summed E-state index contributed by atoms with van der Waals surface area (Å²) in [4.78, 5) is 0. The van der Waals surface area contributed by atoms with Gasteiger partial charge in [0.05, 0.1) is 0 Å². The summed E-state index contributed by atoms with van der Waals surface area (Å²) in [6.07, 6.45) is 6.15. The van der Waals surface area contributed by atoms with Crippen molar-refractivity contribution in [1.29, 1.82) is 0 Å². The zero-order valence-electron chi connectivity index (χ0n) is 11.5. The molecule has 1 saturated carbocycles. The molecule has 0 bridgehead atoms. The Morgan fingerprint density at radius 3 is 2.22 bits per heavy atom. The van der Waals surface area contributed by atoms with Crippen LogP contribution >= 0.6 is 0 Å². The van der Waals surface area contributed by atoms with Crippen molar-refractivity contribution in [2.24, 2.45) is 17.1 Å². The second-order valence-electron chi connectivity index (χ2n) is 6.20. The van der Waals surface area contributed by atoms with Crippen LogP contribution in [0.25, 0.3) is 0 Å². The van der Waals surface area contributed by atoms with E-state index in [0.29, 0.717) is 5.92 Å². The van der Waals surface area contributed by atoms with Crippen LogP contribution in [0.4, 0.5) is 4.39 Å². The van der Waals surface area contributed by atoms with Gasteiger partial charge in [-0.2, -0.15) is 0 Å². The fraction of sp³-hybridized carbons (Fsp3) is 0.625. The van der Waals surface area contributed by atoms with Crippen molar-refractivity contribution in [1.82, 2.24) is 0 Å². The molecule has 0 radical (unpaired) electrons. The summed E-state index contributed by atoms with van der Waals surface area (Å²) in [6, 6.07) is 6.78. The molecule has 2 N–H and O–H groups in total. The first-order chi connectivity index (χ1) is 8.53. The number of hydrogen-bond donors (Lipinski definition) is 1. The van der Waals surface area contributed by atoms with Gasteiger partial charge in [0.25, 0.3) is 0 Å². The van der Waals surface area contributed by atoms with Crippen LogP contribution in [0, 0.1) is 17.2 Å². The Labute approximate surface area is 110 Å². The largest absolute Gasteiger partial charge is 0.323 e. The Kier molecular flexibility index (Phi) is 4.06. The van der Waals surface area contributed by atoms with Gasteiger partial charge in [-0.05, 0) is 48.3 Å². The lowest BCUT2D eigenvalue weighted by molar-refractivity contribution is 0.183. The Balaban J connectivity index is 2.22. The molecule has 1 nitrogen and oxygen atoms in total. The molecule has 0 aliphatic heterocycles. The summed E-state index contributed by atoms with van der Waals surface area (Å²) in [6.45, 7) is 4.52. The molecule has 2 rings (SSSR count). The van der Waals surface area contributed by atoms with E-state index >= 15 is 0 Å². The van der Waals surface area contributed by atoms with E-state index in [-0.39, 0.29) is 17.3 Å². The van der Waals surface area contributed by atoms with Gasteiger partial charge in [-0.1, -0.05) is 38.8 Å². The summed E-state index contributed by atoms with van der Waals surface area (Å²) in [5, 5.41) is 0. The minimum atomic E-state index is -0.185. The third-order valence-electron chi connectivity index (χ3n) is 4.30. The van der Waals surface area contributed by atoms with Crippen LogP contribution in [0.15, 0.2) is 24.3 Å². The van der Waals surface area contributed by atoms with Crippen molar-refractivity contribution in [3.63, 3.8) is 0 Å². The van der Waals surface area contributed by atoms with Crippen LogP contribution in [0.1, 0.15) is 57.6 Å². The highest BCUT2D eigenvalue weighted by molar-refractivity contribution is 5.22. The molecular weight excluding hydrogens is 225 g/mol. The minimum absolute atomic E-state index is 0.0444. The molecule has 1 unspecified atom stereocenters. The average molecular weight is 249 g/mol. The quantitative estimate of drug-likeness (QED) is 0.839. The minimum Gasteiger partial charge on any atom is -0.323 e. The number of hydrogen-bond acceptors (Lipinski definition) is 1. The van der Waals surface area contributed by atoms with Gasteiger partial charge in [0.15, 0.2) is 0 Å². The maximum atomic E-state index is 13.0. The first kappa shape index (κ1) is 13.5. The molecule has 1 aliphatic rings. The molecule has 18 heavy (non-hydrogen) atoms. The van der Waals surface area contributed by atoms with E-state index in [4.69, 9.17) is 5.73 Å². The Hall–Kier alpha value is -0.890. The van der Waals surface area contributed by atoms with Gasteiger partial charge in [-0.3, -0.25) is 0 Å². The molecule has 0 spiro atoms. The van der Waals surface area contributed by atoms with Gasteiger partial charge >= 0.3 is 0 Å². The van der Waals surface area contributed by atoms with Gasteiger partial charge in [-0.25, -0.2) is 4.39 Å². The molecule has 1 aromatic rings. The molecule has 1 fully saturated rings. The van der Waals surface area contributed by atoms with Crippen LogP contribution in [-0.2, 0) is 0 Å². The van der Waals surface area contributed by atoms with E-state index in [2.05, 4.69) is 13.8 Å². The molecule has 1 aromatic carbocycles. The van der Waals surface area contributed by atoms with Gasteiger partial charge in [-0.15, -0.1) is 0 Å². The molecule has 100 valence electrons. The number of rotatable bonds is 4. The van der Waals surface area contributed by atoms with Crippen molar-refractivity contribution in [2.75, 3.05) is 0 Å². The van der Waals surface area contributed by atoms with E-state index in [0.717, 1.165) is 5.56 Å². The van der Waals surface area contributed by atoms with E-state index in [1.165, 1.54) is 44.2 Å². The second-order valence-corrected chi connectivity index (χ2v) is 6.20. The molecule has 0 aromatic heterocycles. The van der Waals surface area contributed by atoms with Crippen molar-refractivity contribution >= 4 is 0 Å². The SMILES string of the molecule is CC(C)CC1(C(N)c2ccc(F)cc2)CCCC1. The molecule has 2 heteroatoms. The standard InChI is InChI=1S/C16H24FN/c1-12(2)11-16(9-3-4-10-16)15(18)13-5-7-14(17)8-6-13/h5-8,12,15H,3-4,9-11,18H2,1-2H3. The highest BCUT2D eigenvalue weighted by Gasteiger charge is 2.40. The lowest BCUT2D eigenvalue weighted by Gasteiger charge is -2.37. The summed E-state index contributed by atoms with van der Waals surface area (Å²) in [5.74, 6) is 0.477. The lowest BCUT2D eigenvalue weighted by Crippen LogP contribution is -2.33. The third-order valence-corrected chi connectivity index (χ3v) is 4.30. The molecule has 0 amide bonds. The van der Waals surface area contributed by atoms with Gasteiger partial charge in [0, 0.05) is 6.04 Å². The average Bonchev–Trinajstić information content (AvgIpc) is 2.78. The van der Waals surface area contributed by atoms with Crippen LogP contribution in [0.2, 0.25) is 0 Å². The summed E-state index contributed by atoms with van der Waals surface area (Å²) in [5.41, 5.74) is 7.82. The predicted octanol–water partition coefficient (Wildman–Crippen LogP) is 4.43. The van der Waals surface area contributed by atoms with Gasteiger partial charge in [0.1, 0.15) is 5.82 Å². The highest BCUT2D eigenvalue weighted by atomic mass is 19.1. The van der Waals surface area contributed by atoms with Crippen LogP contribution < -0.4 is 5.73 Å². The molecule has 1 aliphatic carbocycles. The molecular formula is C16H24FN. The van der Waals surface area contributed by atoms with Gasteiger partial charge in [0.2, 0.25) is 0 Å². The van der Waals surface area contributed by atoms with Crippen LogP contribution in [-0.4, -0.2) is 0 Å². The zero-order chi connectivity index (χ0) is 13.2. The fourth-order valence-electron chi connectivity index (χ4n) is 3.56. The monoisotopic (exact) mass is 249 g/mol. The lowest BCUT2D eigenvalue weighted by atomic mass is 9.71. The maximum absolute atomic E-state index is 13.0. The third kappa shape index (κ3) is 2.74.